The first kappa shape index (κ1) is 19.2. The van der Waals surface area contributed by atoms with Crippen molar-refractivity contribution in [2.24, 2.45) is 0 Å². The zero-order chi connectivity index (χ0) is 20.1. The number of carbonyl (C=O) groups excluding carboxylic acids is 1. The number of ether oxygens (including phenoxy) is 1. The number of amides is 1. The predicted molar refractivity (Wildman–Crippen MR) is 110 cm³/mol. The van der Waals surface area contributed by atoms with Crippen molar-refractivity contribution in [3.8, 4) is 11.4 Å². The van der Waals surface area contributed by atoms with Crippen LogP contribution in [0.4, 0.5) is 5.95 Å². The second-order valence-corrected chi connectivity index (χ2v) is 7.09. The summed E-state index contributed by atoms with van der Waals surface area (Å²) in [5.41, 5.74) is 0.907. The normalized spacial score (nSPS) is 14.1. The van der Waals surface area contributed by atoms with E-state index in [0.717, 1.165) is 5.69 Å². The van der Waals surface area contributed by atoms with Crippen molar-refractivity contribution < 1.29 is 9.53 Å². The van der Waals surface area contributed by atoms with Crippen molar-refractivity contribution in [3.05, 3.63) is 59.6 Å². The van der Waals surface area contributed by atoms with E-state index in [0.29, 0.717) is 55.9 Å². The van der Waals surface area contributed by atoms with E-state index in [2.05, 4.69) is 20.4 Å². The number of nitrogens with zero attached hydrogens (tertiary/aromatic N) is 6. The molecule has 0 saturated carbocycles. The number of tetrazole rings is 1. The van der Waals surface area contributed by atoms with E-state index in [1.54, 1.807) is 16.8 Å². The molecule has 0 atom stereocenters. The smallest absolute Gasteiger partial charge is 0.250 e. The lowest BCUT2D eigenvalue weighted by Gasteiger charge is -2.34. The lowest BCUT2D eigenvalue weighted by Crippen LogP contribution is -2.49. The molecular weight excluding hydrogens is 392 g/mol. The minimum absolute atomic E-state index is 0.0781. The fraction of sp³-hybridized carbons (Fsp3) is 0.300. The van der Waals surface area contributed by atoms with Gasteiger partial charge in [0.25, 0.3) is 0 Å². The highest BCUT2D eigenvalue weighted by molar-refractivity contribution is 6.30. The molecule has 0 spiro atoms. The molecular formula is C20H21ClN6O2. The molecule has 1 saturated heterocycles. The minimum Gasteiger partial charge on any atom is -0.493 e. The van der Waals surface area contributed by atoms with Gasteiger partial charge in [0.05, 0.1) is 18.7 Å². The van der Waals surface area contributed by atoms with Gasteiger partial charge in [0, 0.05) is 31.2 Å². The summed E-state index contributed by atoms with van der Waals surface area (Å²) in [6.45, 7) is 2.92. The van der Waals surface area contributed by atoms with Gasteiger partial charge < -0.3 is 14.5 Å². The van der Waals surface area contributed by atoms with Crippen LogP contribution in [-0.2, 0) is 4.79 Å². The van der Waals surface area contributed by atoms with Crippen LogP contribution < -0.4 is 9.64 Å². The van der Waals surface area contributed by atoms with Gasteiger partial charge >= 0.3 is 0 Å². The molecule has 1 fully saturated rings. The summed E-state index contributed by atoms with van der Waals surface area (Å²) in [4.78, 5) is 16.4. The highest BCUT2D eigenvalue weighted by atomic mass is 35.5. The Kier molecular flexibility index (Phi) is 5.90. The molecule has 0 unspecified atom stereocenters. The van der Waals surface area contributed by atoms with Gasteiger partial charge in [0.1, 0.15) is 5.75 Å². The molecule has 29 heavy (non-hydrogen) atoms. The van der Waals surface area contributed by atoms with Gasteiger partial charge in [-0.3, -0.25) is 4.79 Å². The monoisotopic (exact) mass is 412 g/mol. The van der Waals surface area contributed by atoms with Gasteiger partial charge in [-0.25, -0.2) is 0 Å². The zero-order valence-corrected chi connectivity index (χ0v) is 16.6. The number of hydrogen-bond acceptors (Lipinski definition) is 6. The van der Waals surface area contributed by atoms with Crippen LogP contribution in [0.15, 0.2) is 54.6 Å². The predicted octanol–water partition coefficient (Wildman–Crippen LogP) is 2.43. The van der Waals surface area contributed by atoms with E-state index in [9.17, 15) is 4.79 Å². The molecule has 0 N–H and O–H groups in total. The van der Waals surface area contributed by atoms with Crippen LogP contribution in [0.25, 0.3) is 5.69 Å². The molecule has 4 rings (SSSR count). The number of carbonyl (C=O) groups is 1. The highest BCUT2D eigenvalue weighted by Gasteiger charge is 2.24. The third-order valence-corrected chi connectivity index (χ3v) is 4.98. The van der Waals surface area contributed by atoms with Gasteiger partial charge in [-0.1, -0.05) is 41.0 Å². The third kappa shape index (κ3) is 4.65. The molecule has 1 aliphatic rings. The van der Waals surface area contributed by atoms with Crippen molar-refractivity contribution in [1.82, 2.24) is 25.1 Å². The van der Waals surface area contributed by atoms with Gasteiger partial charge in [0.15, 0.2) is 0 Å². The first-order chi connectivity index (χ1) is 14.2. The SMILES string of the molecule is O=C(CCOc1cccc(Cl)c1)N1CCN(c2nnnn2-c2ccccc2)CC1. The number of rotatable bonds is 6. The number of hydrogen-bond donors (Lipinski definition) is 0. The Bertz CT molecular complexity index is 956. The quantitative estimate of drug-likeness (QED) is 0.619. The van der Waals surface area contributed by atoms with E-state index < -0.39 is 0 Å². The second-order valence-electron chi connectivity index (χ2n) is 6.65. The maximum atomic E-state index is 12.5. The number of anilines is 1. The Morgan fingerprint density at radius 1 is 1.03 bits per heavy atom. The van der Waals surface area contributed by atoms with Gasteiger partial charge in [0.2, 0.25) is 11.9 Å². The molecule has 1 aromatic heterocycles. The Morgan fingerprint density at radius 3 is 2.59 bits per heavy atom. The fourth-order valence-electron chi connectivity index (χ4n) is 3.24. The molecule has 0 bridgehead atoms. The molecule has 2 heterocycles. The maximum Gasteiger partial charge on any atom is 0.250 e. The fourth-order valence-corrected chi connectivity index (χ4v) is 3.42. The highest BCUT2D eigenvalue weighted by Crippen LogP contribution is 2.19. The Balaban J connectivity index is 1.29. The molecule has 2 aromatic carbocycles. The average molecular weight is 413 g/mol. The molecule has 0 aliphatic carbocycles. The van der Waals surface area contributed by atoms with Crippen molar-refractivity contribution >= 4 is 23.5 Å². The van der Waals surface area contributed by atoms with Gasteiger partial charge in [-0.05, 0) is 40.8 Å². The van der Waals surface area contributed by atoms with Crippen molar-refractivity contribution in [1.29, 1.82) is 0 Å². The van der Waals surface area contributed by atoms with E-state index in [1.165, 1.54) is 0 Å². The number of benzene rings is 2. The van der Waals surface area contributed by atoms with Crippen LogP contribution in [0.5, 0.6) is 5.75 Å². The molecule has 9 heteroatoms. The van der Waals surface area contributed by atoms with Crippen LogP contribution in [0.1, 0.15) is 6.42 Å². The number of piperazine rings is 1. The first-order valence-electron chi connectivity index (χ1n) is 9.45. The number of para-hydroxylation sites is 1. The van der Waals surface area contributed by atoms with E-state index in [4.69, 9.17) is 16.3 Å². The number of halogens is 1. The molecule has 1 aliphatic heterocycles. The standard InChI is InChI=1S/C20H21ClN6O2/c21-16-5-4-8-18(15-16)29-14-9-19(28)25-10-12-26(13-11-25)20-22-23-24-27(20)17-6-2-1-3-7-17/h1-8,15H,9-14H2. The topological polar surface area (TPSA) is 76.4 Å². The Labute approximate surface area is 173 Å². The summed E-state index contributed by atoms with van der Waals surface area (Å²) in [7, 11) is 0. The lowest BCUT2D eigenvalue weighted by molar-refractivity contribution is -0.132. The van der Waals surface area contributed by atoms with E-state index in [-0.39, 0.29) is 5.91 Å². The molecule has 8 nitrogen and oxygen atoms in total. The van der Waals surface area contributed by atoms with E-state index in [1.807, 2.05) is 47.4 Å². The summed E-state index contributed by atoms with van der Waals surface area (Å²) in [6.07, 6.45) is 0.328. The largest absolute Gasteiger partial charge is 0.493 e. The first-order valence-corrected chi connectivity index (χ1v) is 9.83. The molecule has 1 amide bonds. The summed E-state index contributed by atoms with van der Waals surface area (Å²) in [6, 6.07) is 16.9. The molecule has 0 radical (unpaired) electrons. The zero-order valence-electron chi connectivity index (χ0n) is 15.8. The summed E-state index contributed by atoms with van der Waals surface area (Å²) < 4.78 is 7.34. The Hall–Kier alpha value is -3.13. The van der Waals surface area contributed by atoms with Crippen molar-refractivity contribution in [2.75, 3.05) is 37.7 Å². The second kappa shape index (κ2) is 8.91. The summed E-state index contributed by atoms with van der Waals surface area (Å²) >= 11 is 5.94. The Morgan fingerprint density at radius 2 is 1.83 bits per heavy atom. The summed E-state index contributed by atoms with van der Waals surface area (Å²) in [5.74, 6) is 1.43. The van der Waals surface area contributed by atoms with Crippen molar-refractivity contribution in [3.63, 3.8) is 0 Å². The molecule has 150 valence electrons. The van der Waals surface area contributed by atoms with Crippen LogP contribution in [0.2, 0.25) is 5.02 Å². The third-order valence-electron chi connectivity index (χ3n) is 4.75. The number of aromatic nitrogens is 4. The summed E-state index contributed by atoms with van der Waals surface area (Å²) in [5, 5.41) is 12.7. The van der Waals surface area contributed by atoms with Crippen LogP contribution in [0, 0.1) is 0 Å². The maximum absolute atomic E-state index is 12.5. The van der Waals surface area contributed by atoms with E-state index >= 15 is 0 Å². The molecule has 3 aromatic rings. The minimum atomic E-state index is 0.0781. The van der Waals surface area contributed by atoms with Crippen LogP contribution in [0.3, 0.4) is 0 Å². The van der Waals surface area contributed by atoms with Gasteiger partial charge in [-0.2, -0.15) is 4.68 Å². The lowest BCUT2D eigenvalue weighted by atomic mass is 10.3. The van der Waals surface area contributed by atoms with Gasteiger partial charge in [-0.15, -0.1) is 0 Å². The van der Waals surface area contributed by atoms with Crippen molar-refractivity contribution in [2.45, 2.75) is 6.42 Å². The average Bonchev–Trinajstić information content (AvgIpc) is 3.24. The van der Waals surface area contributed by atoms with Crippen LogP contribution in [-0.4, -0.2) is 63.8 Å². The van der Waals surface area contributed by atoms with Crippen LogP contribution >= 0.6 is 11.6 Å².